The van der Waals surface area contributed by atoms with Gasteiger partial charge in [-0.2, -0.15) is 0 Å². The average molecular weight is 483 g/mol. The molecule has 1 aromatic carbocycles. The molecule has 35 heavy (non-hydrogen) atoms. The van der Waals surface area contributed by atoms with Crippen LogP contribution >= 0.6 is 0 Å². The summed E-state index contributed by atoms with van der Waals surface area (Å²) in [7, 11) is 3.46. The van der Waals surface area contributed by atoms with Crippen molar-refractivity contribution in [3.8, 4) is 5.75 Å². The summed E-state index contributed by atoms with van der Waals surface area (Å²) >= 11 is 0. The standard InChI is InChI=1S/C30H42O5/c1-28-13-14-30(34-15-16-35-30)17-21(28)7-10-23-25-11-12-26(33-19-31-3)29(25,2)18-24(27(23)28)20-5-8-22(32-4)9-6-20/h5-6,8-9,18,21,23,25-27H,7,10-17,19H2,1-4H3/t21-,23-,25-,26-,27+,28-,29-/m0/s1. The zero-order chi connectivity index (χ0) is 24.3. The molecular formula is C30H42O5. The van der Waals surface area contributed by atoms with Crippen LogP contribution in [0.4, 0.5) is 0 Å². The molecule has 1 heterocycles. The predicted octanol–water partition coefficient (Wildman–Crippen LogP) is 6.07. The Kier molecular flexibility index (Phi) is 6.07. The van der Waals surface area contributed by atoms with Crippen molar-refractivity contribution in [3.63, 3.8) is 0 Å². The second kappa shape index (κ2) is 8.86. The van der Waals surface area contributed by atoms with Gasteiger partial charge in [0.05, 0.1) is 26.4 Å². The lowest BCUT2D eigenvalue weighted by atomic mass is 9.44. The average Bonchev–Trinajstić information content (AvgIpc) is 3.46. The minimum atomic E-state index is -0.323. The van der Waals surface area contributed by atoms with Crippen molar-refractivity contribution in [3.05, 3.63) is 35.9 Å². The molecule has 3 saturated carbocycles. The highest BCUT2D eigenvalue weighted by molar-refractivity contribution is 5.71. The van der Waals surface area contributed by atoms with Gasteiger partial charge in [-0.15, -0.1) is 0 Å². The molecule has 5 heteroatoms. The van der Waals surface area contributed by atoms with Gasteiger partial charge in [0.15, 0.2) is 5.79 Å². The van der Waals surface area contributed by atoms with Crippen molar-refractivity contribution in [2.45, 2.75) is 70.7 Å². The Balaban J connectivity index is 1.42. The molecule has 0 amide bonds. The third-order valence-electron chi connectivity index (χ3n) is 10.7. The molecule has 1 saturated heterocycles. The van der Waals surface area contributed by atoms with E-state index in [0.29, 0.717) is 30.5 Å². The summed E-state index contributed by atoms with van der Waals surface area (Å²) in [6.07, 6.45) is 11.0. The third-order valence-corrected chi connectivity index (χ3v) is 10.7. The van der Waals surface area contributed by atoms with E-state index < -0.39 is 0 Å². The van der Waals surface area contributed by atoms with Crippen molar-refractivity contribution < 1.29 is 23.7 Å². The number of fused-ring (bicyclic) bond motifs is 5. The number of methoxy groups -OCH3 is 2. The van der Waals surface area contributed by atoms with Gasteiger partial charge < -0.3 is 23.7 Å². The van der Waals surface area contributed by atoms with E-state index in [-0.39, 0.29) is 22.7 Å². The van der Waals surface area contributed by atoms with Crippen LogP contribution in [0.1, 0.15) is 64.4 Å². The SMILES string of the molecule is COCO[C@H]1CC[C@H]2[C@@H]3CC[C@H]4CC5(CC[C@]4(C)[C@H]3C(c3ccc(OC)cc3)=C[C@]12C)OCCO5. The highest BCUT2D eigenvalue weighted by Gasteiger charge is 2.62. The van der Waals surface area contributed by atoms with Gasteiger partial charge >= 0.3 is 0 Å². The zero-order valence-corrected chi connectivity index (χ0v) is 21.9. The second-order valence-corrected chi connectivity index (χ2v) is 12.2. The first-order valence-electron chi connectivity index (χ1n) is 13.7. The van der Waals surface area contributed by atoms with E-state index in [1.54, 1.807) is 14.2 Å². The van der Waals surface area contributed by atoms with Gasteiger partial charge in [-0.1, -0.05) is 32.1 Å². The van der Waals surface area contributed by atoms with Gasteiger partial charge in [-0.3, -0.25) is 0 Å². The molecular weight excluding hydrogens is 440 g/mol. The van der Waals surface area contributed by atoms with E-state index in [2.05, 4.69) is 44.2 Å². The summed E-state index contributed by atoms with van der Waals surface area (Å²) in [5.41, 5.74) is 3.16. The molecule has 0 unspecified atom stereocenters. The molecule has 4 fully saturated rings. The molecule has 5 nitrogen and oxygen atoms in total. The predicted molar refractivity (Wildman–Crippen MR) is 135 cm³/mol. The number of hydrogen-bond donors (Lipinski definition) is 0. The van der Waals surface area contributed by atoms with E-state index in [1.807, 2.05) is 0 Å². The topological polar surface area (TPSA) is 46.2 Å². The summed E-state index contributed by atoms with van der Waals surface area (Å²) in [5, 5.41) is 0. The maximum Gasteiger partial charge on any atom is 0.168 e. The highest BCUT2D eigenvalue weighted by atomic mass is 16.7. The minimum Gasteiger partial charge on any atom is -0.497 e. The van der Waals surface area contributed by atoms with Crippen LogP contribution in [0.3, 0.4) is 0 Å². The van der Waals surface area contributed by atoms with Crippen LogP contribution in [-0.2, 0) is 18.9 Å². The Morgan fingerprint density at radius 1 is 0.943 bits per heavy atom. The van der Waals surface area contributed by atoms with E-state index in [9.17, 15) is 0 Å². The molecule has 5 aliphatic rings. The first-order chi connectivity index (χ1) is 16.9. The molecule has 1 aromatic rings. The lowest BCUT2D eigenvalue weighted by Crippen LogP contribution is -2.56. The molecule has 0 bridgehead atoms. The fourth-order valence-electron chi connectivity index (χ4n) is 8.99. The number of hydrogen-bond acceptors (Lipinski definition) is 5. The number of ether oxygens (including phenoxy) is 5. The van der Waals surface area contributed by atoms with Gasteiger partial charge in [0.1, 0.15) is 12.5 Å². The zero-order valence-electron chi connectivity index (χ0n) is 21.9. The Morgan fingerprint density at radius 2 is 1.71 bits per heavy atom. The van der Waals surface area contributed by atoms with Crippen molar-refractivity contribution in [1.82, 2.24) is 0 Å². The van der Waals surface area contributed by atoms with Crippen LogP contribution in [0.5, 0.6) is 5.75 Å². The van der Waals surface area contributed by atoms with Gasteiger partial charge in [-0.05, 0) is 84.5 Å². The monoisotopic (exact) mass is 482 g/mol. The maximum absolute atomic E-state index is 6.30. The first kappa shape index (κ1) is 24.0. The van der Waals surface area contributed by atoms with E-state index in [1.165, 1.54) is 36.8 Å². The molecule has 192 valence electrons. The van der Waals surface area contributed by atoms with Crippen LogP contribution < -0.4 is 4.74 Å². The minimum absolute atomic E-state index is 0.0335. The van der Waals surface area contributed by atoms with E-state index in [0.717, 1.165) is 38.2 Å². The molecule has 1 aliphatic heterocycles. The lowest BCUT2D eigenvalue weighted by molar-refractivity contribution is -0.221. The number of allylic oxidation sites excluding steroid dienone is 1. The van der Waals surface area contributed by atoms with Gasteiger partial charge in [0.25, 0.3) is 0 Å². The van der Waals surface area contributed by atoms with E-state index >= 15 is 0 Å². The first-order valence-corrected chi connectivity index (χ1v) is 13.7. The van der Waals surface area contributed by atoms with Crippen LogP contribution in [0.2, 0.25) is 0 Å². The maximum atomic E-state index is 6.30. The fourth-order valence-corrected chi connectivity index (χ4v) is 8.99. The third kappa shape index (κ3) is 3.72. The fraction of sp³-hybridized carbons (Fsp3) is 0.733. The summed E-state index contributed by atoms with van der Waals surface area (Å²) in [4.78, 5) is 0. The number of benzene rings is 1. The van der Waals surface area contributed by atoms with Gasteiger partial charge in [0.2, 0.25) is 0 Å². The smallest absolute Gasteiger partial charge is 0.168 e. The van der Waals surface area contributed by atoms with Crippen LogP contribution in [0.25, 0.3) is 5.57 Å². The van der Waals surface area contributed by atoms with Crippen molar-refractivity contribution >= 4 is 5.57 Å². The van der Waals surface area contributed by atoms with Crippen LogP contribution in [0, 0.1) is 34.5 Å². The van der Waals surface area contributed by atoms with Crippen LogP contribution in [-0.4, -0.2) is 46.1 Å². The van der Waals surface area contributed by atoms with Crippen molar-refractivity contribution in [2.75, 3.05) is 34.2 Å². The largest absolute Gasteiger partial charge is 0.497 e. The number of rotatable bonds is 5. The Labute approximate surface area is 210 Å². The van der Waals surface area contributed by atoms with Gasteiger partial charge in [-0.25, -0.2) is 0 Å². The Bertz CT molecular complexity index is 950. The van der Waals surface area contributed by atoms with Crippen molar-refractivity contribution in [1.29, 1.82) is 0 Å². The summed E-state index contributed by atoms with van der Waals surface area (Å²) in [6, 6.07) is 8.77. The van der Waals surface area contributed by atoms with Gasteiger partial charge in [0, 0.05) is 25.4 Å². The molecule has 0 N–H and O–H groups in total. The lowest BCUT2D eigenvalue weighted by Gasteiger charge is -2.61. The normalized spacial score (nSPS) is 41.7. The Morgan fingerprint density at radius 3 is 2.43 bits per heavy atom. The Hall–Kier alpha value is -1.40. The highest BCUT2D eigenvalue weighted by Crippen LogP contribution is 2.68. The summed E-state index contributed by atoms with van der Waals surface area (Å²) < 4.78 is 29.5. The molecule has 7 atom stereocenters. The molecule has 0 aromatic heterocycles. The van der Waals surface area contributed by atoms with Crippen molar-refractivity contribution in [2.24, 2.45) is 34.5 Å². The molecule has 0 radical (unpaired) electrons. The summed E-state index contributed by atoms with van der Waals surface area (Å²) in [5.74, 6) is 3.10. The summed E-state index contributed by atoms with van der Waals surface area (Å²) in [6.45, 7) is 6.90. The molecule has 4 aliphatic carbocycles. The van der Waals surface area contributed by atoms with E-state index in [4.69, 9.17) is 23.7 Å². The van der Waals surface area contributed by atoms with Crippen LogP contribution in [0.15, 0.2) is 30.3 Å². The quantitative estimate of drug-likeness (QED) is 0.477. The molecule has 6 rings (SSSR count). The second-order valence-electron chi connectivity index (χ2n) is 12.2. The molecule has 1 spiro atoms.